The van der Waals surface area contributed by atoms with Crippen LogP contribution in [-0.2, 0) is 26.7 Å². The summed E-state index contributed by atoms with van der Waals surface area (Å²) in [5.74, 6) is -2.68. The second kappa shape index (κ2) is 7.41. The Morgan fingerprint density at radius 2 is 1.50 bits per heavy atom. The van der Waals surface area contributed by atoms with Crippen LogP contribution in [0.3, 0.4) is 0 Å². The fourth-order valence-corrected chi connectivity index (χ4v) is 3.89. The van der Waals surface area contributed by atoms with Gasteiger partial charge in [-0.15, -0.1) is 0 Å². The molecule has 30 heavy (non-hydrogen) atoms. The number of aliphatic hydroxyl groups is 1. The lowest BCUT2D eigenvalue weighted by molar-refractivity contribution is 0.0199. The minimum Gasteiger partial charge on any atom is -0.504 e. The third-order valence-corrected chi connectivity index (χ3v) is 5.05. The highest BCUT2D eigenvalue weighted by atomic mass is 32.2. The van der Waals surface area contributed by atoms with Gasteiger partial charge in [-0.05, 0) is 12.1 Å². The molecule has 0 aromatic heterocycles. The van der Waals surface area contributed by atoms with Gasteiger partial charge in [0.2, 0.25) is 0 Å². The molecule has 0 bridgehead atoms. The first-order valence-corrected chi connectivity index (χ1v) is 11.9. The maximum Gasteiger partial charge on any atom is 0.306 e. The van der Waals surface area contributed by atoms with Gasteiger partial charge in [0, 0.05) is 29.7 Å². The lowest BCUT2D eigenvalue weighted by Crippen LogP contribution is -2.31. The van der Waals surface area contributed by atoms with Gasteiger partial charge in [-0.2, -0.15) is 16.8 Å². The highest BCUT2D eigenvalue weighted by Crippen LogP contribution is 2.45. The molecule has 1 aliphatic heterocycles. The molecule has 11 nitrogen and oxygen atoms in total. The van der Waals surface area contributed by atoms with Crippen molar-refractivity contribution in [1.82, 2.24) is 0 Å². The van der Waals surface area contributed by atoms with Crippen LogP contribution in [0.5, 0.6) is 34.5 Å². The summed E-state index contributed by atoms with van der Waals surface area (Å²) in [7, 11) is -7.97. The van der Waals surface area contributed by atoms with E-state index in [2.05, 4.69) is 0 Å². The van der Waals surface area contributed by atoms with Crippen molar-refractivity contribution in [2.45, 2.75) is 18.6 Å². The lowest BCUT2D eigenvalue weighted by atomic mass is 9.93. The topological polar surface area (TPSA) is 177 Å². The van der Waals surface area contributed by atoms with Crippen LogP contribution in [0.25, 0.3) is 0 Å². The monoisotopic (exact) mass is 462 g/mol. The highest BCUT2D eigenvalue weighted by Gasteiger charge is 2.34. The average molecular weight is 462 g/mol. The molecule has 0 aliphatic carbocycles. The fourth-order valence-electron chi connectivity index (χ4n) is 2.97. The number of hydrogen-bond acceptors (Lipinski definition) is 11. The molecule has 13 heteroatoms. The van der Waals surface area contributed by atoms with Crippen molar-refractivity contribution in [3.05, 3.63) is 35.4 Å². The van der Waals surface area contributed by atoms with Crippen LogP contribution in [0.15, 0.2) is 24.3 Å². The van der Waals surface area contributed by atoms with E-state index in [0.717, 1.165) is 30.7 Å². The normalized spacial score (nSPS) is 18.9. The zero-order valence-corrected chi connectivity index (χ0v) is 17.3. The van der Waals surface area contributed by atoms with Crippen molar-refractivity contribution in [1.29, 1.82) is 0 Å². The van der Waals surface area contributed by atoms with Gasteiger partial charge in [0.05, 0.1) is 18.6 Å². The second-order valence-electron chi connectivity index (χ2n) is 6.69. The largest absolute Gasteiger partial charge is 0.504 e. The maximum absolute atomic E-state index is 11.6. The van der Waals surface area contributed by atoms with Crippen molar-refractivity contribution in [2.24, 2.45) is 0 Å². The van der Waals surface area contributed by atoms with Crippen LogP contribution in [0.1, 0.15) is 17.2 Å². The van der Waals surface area contributed by atoms with Crippen LogP contribution >= 0.6 is 0 Å². The summed E-state index contributed by atoms with van der Waals surface area (Å²) in [6.45, 7) is 0. The average Bonchev–Trinajstić information content (AvgIpc) is 2.56. The number of rotatable bonds is 5. The Hall–Kier alpha value is -2.90. The zero-order valence-electron chi connectivity index (χ0n) is 15.6. The Morgan fingerprint density at radius 3 is 2.03 bits per heavy atom. The molecule has 0 amide bonds. The van der Waals surface area contributed by atoms with E-state index in [9.17, 15) is 37.3 Å². The molecular formula is C17H18O11S2. The summed E-state index contributed by atoms with van der Waals surface area (Å²) in [5.41, 5.74) is 0.234. The van der Waals surface area contributed by atoms with Crippen molar-refractivity contribution < 1.29 is 50.4 Å². The zero-order chi connectivity index (χ0) is 22.4. The fraction of sp³-hybridized carbons (Fsp3) is 0.294. The number of phenols is 3. The molecule has 0 saturated heterocycles. The molecule has 4 N–H and O–H groups in total. The smallest absolute Gasteiger partial charge is 0.306 e. The number of phenolic OH excluding ortho intramolecular Hbond substituents is 3. The van der Waals surface area contributed by atoms with E-state index in [1.807, 2.05) is 0 Å². The van der Waals surface area contributed by atoms with Crippen LogP contribution in [0.2, 0.25) is 0 Å². The van der Waals surface area contributed by atoms with Gasteiger partial charge < -0.3 is 33.5 Å². The van der Waals surface area contributed by atoms with Crippen molar-refractivity contribution in [3.63, 3.8) is 0 Å². The van der Waals surface area contributed by atoms with Gasteiger partial charge >= 0.3 is 20.2 Å². The third-order valence-electron chi connectivity index (χ3n) is 4.07. The van der Waals surface area contributed by atoms with E-state index >= 15 is 0 Å². The highest BCUT2D eigenvalue weighted by molar-refractivity contribution is 7.86. The van der Waals surface area contributed by atoms with Crippen molar-refractivity contribution in [3.8, 4) is 34.5 Å². The summed E-state index contributed by atoms with van der Waals surface area (Å²) < 4.78 is 61.5. The van der Waals surface area contributed by atoms with Gasteiger partial charge in [0.1, 0.15) is 11.5 Å². The van der Waals surface area contributed by atoms with Crippen molar-refractivity contribution >= 4 is 20.2 Å². The Bertz CT molecular complexity index is 1180. The predicted molar refractivity (Wildman–Crippen MR) is 102 cm³/mol. The van der Waals surface area contributed by atoms with Crippen LogP contribution in [0, 0.1) is 0 Å². The second-order valence-corrected chi connectivity index (χ2v) is 9.84. The van der Waals surface area contributed by atoms with E-state index in [0.29, 0.717) is 0 Å². The predicted octanol–water partition coefficient (Wildman–Crippen LogP) is 0.517. The SMILES string of the molecule is CS(=O)(=O)Oc1cc2c(c(OS(C)(=O)=O)c1)C[C@@H](O)[C@H](c1cc(O)c(O)c(O)c1)O2. The number of aliphatic hydroxyl groups excluding tert-OH is 1. The first-order chi connectivity index (χ1) is 13.7. The van der Waals surface area contributed by atoms with Gasteiger partial charge in [-0.3, -0.25) is 0 Å². The number of ether oxygens (including phenoxy) is 1. The summed E-state index contributed by atoms with van der Waals surface area (Å²) in [4.78, 5) is 0. The van der Waals surface area contributed by atoms with Gasteiger partial charge in [-0.1, -0.05) is 0 Å². The molecular weight excluding hydrogens is 444 g/mol. The molecule has 1 heterocycles. The third kappa shape index (κ3) is 4.80. The standard InChI is InChI=1S/C17H18O11S2/c1-29(22,23)27-9-5-14-10(15(6-9)28-30(2,24)25)7-13(20)17(26-14)8-3-11(18)16(21)12(19)4-8/h3-6,13,17-21H,7H2,1-2H3/t13-,17+/m1/s1. The molecule has 0 fully saturated rings. The molecule has 1 aliphatic rings. The Kier molecular flexibility index (Phi) is 5.39. The molecule has 0 spiro atoms. The van der Waals surface area contributed by atoms with E-state index in [1.165, 1.54) is 6.07 Å². The van der Waals surface area contributed by atoms with E-state index < -0.39 is 49.7 Å². The molecule has 2 aromatic rings. The van der Waals surface area contributed by atoms with E-state index in [-0.39, 0.29) is 34.8 Å². The van der Waals surface area contributed by atoms with Gasteiger partial charge in [0.25, 0.3) is 0 Å². The lowest BCUT2D eigenvalue weighted by Gasteiger charge is -2.32. The Morgan fingerprint density at radius 1 is 0.933 bits per heavy atom. The molecule has 0 unspecified atom stereocenters. The van der Waals surface area contributed by atoms with Crippen molar-refractivity contribution in [2.75, 3.05) is 12.5 Å². The molecule has 3 rings (SSSR count). The number of aromatic hydroxyl groups is 3. The molecule has 0 radical (unpaired) electrons. The minimum atomic E-state index is -4.01. The molecule has 2 atom stereocenters. The number of hydrogen-bond donors (Lipinski definition) is 4. The molecule has 2 aromatic carbocycles. The number of fused-ring (bicyclic) bond motifs is 1. The summed E-state index contributed by atoms with van der Waals surface area (Å²) in [5, 5.41) is 39.4. The summed E-state index contributed by atoms with van der Waals surface area (Å²) in [6, 6.07) is 4.34. The molecule has 164 valence electrons. The molecule has 0 saturated carbocycles. The van der Waals surface area contributed by atoms with Gasteiger partial charge in [0.15, 0.2) is 29.1 Å². The Balaban J connectivity index is 2.09. The summed E-state index contributed by atoms with van der Waals surface area (Å²) >= 11 is 0. The first-order valence-electron chi connectivity index (χ1n) is 8.29. The number of benzene rings is 2. The quantitative estimate of drug-likeness (QED) is 0.360. The van der Waals surface area contributed by atoms with Crippen LogP contribution in [-0.4, -0.2) is 55.9 Å². The van der Waals surface area contributed by atoms with E-state index in [1.54, 1.807) is 0 Å². The minimum absolute atomic E-state index is 0.0443. The summed E-state index contributed by atoms with van der Waals surface area (Å²) in [6.07, 6.45) is -1.03. The first kappa shape index (κ1) is 21.8. The maximum atomic E-state index is 11.6. The van der Waals surface area contributed by atoms with Gasteiger partial charge in [-0.25, -0.2) is 0 Å². The van der Waals surface area contributed by atoms with Crippen LogP contribution in [0.4, 0.5) is 0 Å². The van der Waals surface area contributed by atoms with Crippen LogP contribution < -0.4 is 13.1 Å². The van der Waals surface area contributed by atoms with E-state index in [4.69, 9.17) is 13.1 Å². The Labute approximate surface area is 171 Å².